The van der Waals surface area contributed by atoms with Crippen molar-refractivity contribution < 1.29 is 4.79 Å². The van der Waals surface area contributed by atoms with Gasteiger partial charge in [-0.05, 0) is 37.5 Å². The molecule has 0 spiro atoms. The Hall–Kier alpha value is -0.570. The fraction of sp³-hybridized carbons (Fsp3) is 0.923. The summed E-state index contributed by atoms with van der Waals surface area (Å²) in [6, 6.07) is 0.0593. The van der Waals surface area contributed by atoms with Crippen molar-refractivity contribution in [2.24, 2.45) is 17.8 Å². The van der Waals surface area contributed by atoms with Crippen molar-refractivity contribution in [1.82, 2.24) is 10.2 Å². The molecule has 1 N–H and O–H groups in total. The Morgan fingerprint density at radius 3 is 2.56 bits per heavy atom. The third-order valence-electron chi connectivity index (χ3n) is 3.91. The summed E-state index contributed by atoms with van der Waals surface area (Å²) in [4.78, 5) is 14.2. The molecular formula is C13H24N2O. The fourth-order valence-electron chi connectivity index (χ4n) is 2.64. The molecule has 1 aliphatic carbocycles. The van der Waals surface area contributed by atoms with Gasteiger partial charge in [0.15, 0.2) is 0 Å². The maximum Gasteiger partial charge on any atom is 0.241 e. The van der Waals surface area contributed by atoms with E-state index >= 15 is 0 Å². The molecule has 0 aromatic rings. The van der Waals surface area contributed by atoms with Crippen LogP contribution in [0, 0.1) is 17.8 Å². The highest BCUT2D eigenvalue weighted by atomic mass is 16.2. The quantitative estimate of drug-likeness (QED) is 0.790. The highest BCUT2D eigenvalue weighted by molar-refractivity contribution is 5.84. The molecule has 2 fully saturated rings. The van der Waals surface area contributed by atoms with E-state index in [0.717, 1.165) is 24.8 Å². The molecule has 1 amide bonds. The number of nitrogens with zero attached hydrogens (tertiary/aromatic N) is 1. The van der Waals surface area contributed by atoms with E-state index in [2.05, 4.69) is 33.0 Å². The highest BCUT2D eigenvalue weighted by Gasteiger charge is 2.41. The van der Waals surface area contributed by atoms with Crippen LogP contribution in [-0.2, 0) is 4.79 Å². The molecule has 16 heavy (non-hydrogen) atoms. The smallest absolute Gasteiger partial charge is 0.241 e. The summed E-state index contributed by atoms with van der Waals surface area (Å²) < 4.78 is 0. The summed E-state index contributed by atoms with van der Waals surface area (Å²) in [7, 11) is 0. The summed E-state index contributed by atoms with van der Waals surface area (Å²) >= 11 is 0. The molecule has 0 radical (unpaired) electrons. The summed E-state index contributed by atoms with van der Waals surface area (Å²) in [5, 5.41) is 3.41. The second-order valence-electron chi connectivity index (χ2n) is 5.99. The monoisotopic (exact) mass is 224 g/mol. The molecule has 0 aromatic carbocycles. The number of carbonyl (C=O) groups excluding carboxylic acids is 1. The molecule has 0 aromatic heterocycles. The SMILES string of the molecule is CC(C)CC1NC(C)N(CC2CC2C)C1=O. The summed E-state index contributed by atoms with van der Waals surface area (Å²) in [6.07, 6.45) is 2.48. The van der Waals surface area contributed by atoms with Gasteiger partial charge in [-0.1, -0.05) is 20.8 Å². The van der Waals surface area contributed by atoms with Crippen LogP contribution >= 0.6 is 0 Å². The van der Waals surface area contributed by atoms with E-state index in [1.165, 1.54) is 6.42 Å². The Kier molecular flexibility index (Phi) is 3.24. The average Bonchev–Trinajstić information content (AvgIpc) is 2.81. The number of carbonyl (C=O) groups is 1. The first-order chi connectivity index (χ1) is 7.49. The van der Waals surface area contributed by atoms with Crippen molar-refractivity contribution in [2.75, 3.05) is 6.54 Å². The Balaban J connectivity index is 1.91. The van der Waals surface area contributed by atoms with E-state index < -0.39 is 0 Å². The Morgan fingerprint density at radius 1 is 1.44 bits per heavy atom. The highest BCUT2D eigenvalue weighted by Crippen LogP contribution is 2.39. The van der Waals surface area contributed by atoms with Crippen molar-refractivity contribution in [3.05, 3.63) is 0 Å². The molecule has 1 saturated carbocycles. The molecule has 2 rings (SSSR count). The van der Waals surface area contributed by atoms with Crippen molar-refractivity contribution >= 4 is 5.91 Å². The number of amides is 1. The molecule has 3 nitrogen and oxygen atoms in total. The van der Waals surface area contributed by atoms with Crippen LogP contribution < -0.4 is 5.32 Å². The standard InChI is InChI=1S/C13H24N2O/c1-8(2)5-12-13(16)15(10(4)14-12)7-11-6-9(11)3/h8-12,14H,5-7H2,1-4H3. The molecule has 2 aliphatic rings. The van der Waals surface area contributed by atoms with Gasteiger partial charge >= 0.3 is 0 Å². The lowest BCUT2D eigenvalue weighted by Gasteiger charge is -2.20. The zero-order chi connectivity index (χ0) is 11.9. The Bertz CT molecular complexity index is 277. The van der Waals surface area contributed by atoms with Crippen LogP contribution in [0.1, 0.15) is 40.5 Å². The van der Waals surface area contributed by atoms with Gasteiger partial charge in [-0.2, -0.15) is 0 Å². The van der Waals surface area contributed by atoms with Gasteiger partial charge in [-0.25, -0.2) is 0 Å². The second kappa shape index (κ2) is 4.36. The molecule has 4 unspecified atom stereocenters. The lowest BCUT2D eigenvalue weighted by atomic mass is 10.0. The van der Waals surface area contributed by atoms with E-state index in [1.807, 2.05) is 4.90 Å². The number of rotatable bonds is 4. The number of nitrogens with one attached hydrogen (secondary N) is 1. The average molecular weight is 224 g/mol. The first-order valence-electron chi connectivity index (χ1n) is 6.55. The minimum absolute atomic E-state index is 0.0593. The predicted molar refractivity (Wildman–Crippen MR) is 64.8 cm³/mol. The van der Waals surface area contributed by atoms with Gasteiger partial charge in [0.2, 0.25) is 5.91 Å². The van der Waals surface area contributed by atoms with Crippen LogP contribution in [0.3, 0.4) is 0 Å². The predicted octanol–water partition coefficient (Wildman–Crippen LogP) is 1.83. The zero-order valence-corrected chi connectivity index (χ0v) is 10.9. The van der Waals surface area contributed by atoms with E-state index in [4.69, 9.17) is 0 Å². The third-order valence-corrected chi connectivity index (χ3v) is 3.91. The van der Waals surface area contributed by atoms with Gasteiger partial charge in [-0.15, -0.1) is 0 Å². The zero-order valence-electron chi connectivity index (χ0n) is 10.9. The van der Waals surface area contributed by atoms with Crippen LogP contribution in [0.2, 0.25) is 0 Å². The van der Waals surface area contributed by atoms with Gasteiger partial charge in [0.1, 0.15) is 0 Å². The van der Waals surface area contributed by atoms with Crippen LogP contribution in [0.25, 0.3) is 0 Å². The molecule has 1 aliphatic heterocycles. The fourth-order valence-corrected chi connectivity index (χ4v) is 2.64. The number of hydrogen-bond donors (Lipinski definition) is 1. The van der Waals surface area contributed by atoms with Crippen molar-refractivity contribution in [2.45, 2.75) is 52.7 Å². The van der Waals surface area contributed by atoms with Gasteiger partial charge in [0.25, 0.3) is 0 Å². The minimum Gasteiger partial charge on any atom is -0.326 e. The van der Waals surface area contributed by atoms with E-state index in [0.29, 0.717) is 11.8 Å². The van der Waals surface area contributed by atoms with E-state index in [1.54, 1.807) is 0 Å². The Morgan fingerprint density at radius 2 is 2.06 bits per heavy atom. The summed E-state index contributed by atoms with van der Waals surface area (Å²) in [6.45, 7) is 9.68. The normalized spacial score (nSPS) is 38.6. The molecule has 0 bridgehead atoms. The largest absolute Gasteiger partial charge is 0.326 e. The molecular weight excluding hydrogens is 200 g/mol. The van der Waals surface area contributed by atoms with Crippen LogP contribution in [0.15, 0.2) is 0 Å². The topological polar surface area (TPSA) is 32.3 Å². The molecule has 1 saturated heterocycles. The third kappa shape index (κ3) is 2.40. The van der Waals surface area contributed by atoms with E-state index in [9.17, 15) is 4.79 Å². The maximum absolute atomic E-state index is 12.2. The first-order valence-corrected chi connectivity index (χ1v) is 6.55. The minimum atomic E-state index is 0.0593. The van der Waals surface area contributed by atoms with Crippen molar-refractivity contribution in [3.8, 4) is 0 Å². The molecule has 92 valence electrons. The molecule has 4 atom stereocenters. The molecule has 1 heterocycles. The summed E-state index contributed by atoms with van der Waals surface area (Å²) in [5.41, 5.74) is 0. The van der Waals surface area contributed by atoms with Crippen LogP contribution in [0.5, 0.6) is 0 Å². The van der Waals surface area contributed by atoms with Gasteiger partial charge < -0.3 is 4.90 Å². The molecule has 3 heteroatoms. The second-order valence-corrected chi connectivity index (χ2v) is 5.99. The maximum atomic E-state index is 12.2. The van der Waals surface area contributed by atoms with Crippen molar-refractivity contribution in [1.29, 1.82) is 0 Å². The lowest BCUT2D eigenvalue weighted by molar-refractivity contribution is -0.130. The first kappa shape index (κ1) is 11.9. The van der Waals surface area contributed by atoms with Gasteiger partial charge in [0.05, 0.1) is 12.2 Å². The van der Waals surface area contributed by atoms with Crippen molar-refractivity contribution in [3.63, 3.8) is 0 Å². The van der Waals surface area contributed by atoms with Gasteiger partial charge in [-0.3, -0.25) is 10.1 Å². The van der Waals surface area contributed by atoms with Gasteiger partial charge in [0, 0.05) is 6.54 Å². The summed E-state index contributed by atoms with van der Waals surface area (Å²) in [5.74, 6) is 2.48. The van der Waals surface area contributed by atoms with E-state index in [-0.39, 0.29) is 12.2 Å². The Labute approximate surface area is 98.6 Å². The lowest BCUT2D eigenvalue weighted by Crippen LogP contribution is -2.36. The van der Waals surface area contributed by atoms with Crippen LogP contribution in [0.4, 0.5) is 0 Å². The van der Waals surface area contributed by atoms with Crippen LogP contribution in [-0.4, -0.2) is 29.6 Å². The number of hydrogen-bond acceptors (Lipinski definition) is 2.